The molecule has 0 saturated carbocycles. The third-order valence-electron chi connectivity index (χ3n) is 2.46. The number of carboxylic acid groups (broad SMARTS) is 1. The third kappa shape index (κ3) is 3.91. The van der Waals surface area contributed by atoms with Crippen molar-refractivity contribution in [2.24, 2.45) is 0 Å². The van der Waals surface area contributed by atoms with Gasteiger partial charge in [0.2, 0.25) is 0 Å². The molecular formula is C14H12ClNO2S. The number of aliphatic carboxylic acids is 1. The van der Waals surface area contributed by atoms with Gasteiger partial charge in [-0.25, -0.2) is 0 Å². The second-order valence-corrected chi connectivity index (χ2v) is 5.53. The molecule has 5 heteroatoms. The summed E-state index contributed by atoms with van der Waals surface area (Å²) in [5.74, 6) is -0.831. The van der Waals surface area contributed by atoms with Crippen LogP contribution < -0.4 is 5.73 Å². The molecule has 19 heavy (non-hydrogen) atoms. The number of nitrogens with two attached hydrogens (primary N) is 1. The molecule has 3 nitrogen and oxygen atoms in total. The molecule has 2 aromatic rings. The molecule has 0 aliphatic rings. The number of anilines is 1. The van der Waals surface area contributed by atoms with Crippen LogP contribution in [-0.4, -0.2) is 11.1 Å². The highest BCUT2D eigenvalue weighted by Crippen LogP contribution is 2.34. The lowest BCUT2D eigenvalue weighted by atomic mass is 10.2. The zero-order valence-corrected chi connectivity index (χ0v) is 11.5. The van der Waals surface area contributed by atoms with Crippen LogP contribution in [0.15, 0.2) is 52.3 Å². The van der Waals surface area contributed by atoms with Crippen LogP contribution in [0.2, 0.25) is 5.02 Å². The van der Waals surface area contributed by atoms with Crippen molar-refractivity contribution in [1.29, 1.82) is 0 Å². The van der Waals surface area contributed by atoms with E-state index in [4.69, 9.17) is 22.4 Å². The summed E-state index contributed by atoms with van der Waals surface area (Å²) >= 11 is 7.62. The van der Waals surface area contributed by atoms with Crippen LogP contribution >= 0.6 is 23.4 Å². The van der Waals surface area contributed by atoms with Gasteiger partial charge in [-0.3, -0.25) is 4.79 Å². The van der Waals surface area contributed by atoms with E-state index >= 15 is 0 Å². The highest BCUT2D eigenvalue weighted by atomic mass is 35.5. The number of carbonyl (C=O) groups is 1. The van der Waals surface area contributed by atoms with E-state index in [1.54, 1.807) is 12.1 Å². The minimum Gasteiger partial charge on any atom is -0.481 e. The van der Waals surface area contributed by atoms with Crippen LogP contribution in [0.25, 0.3) is 0 Å². The Kier molecular flexibility index (Phi) is 4.35. The Bertz CT molecular complexity index is 599. The third-order valence-corrected chi connectivity index (χ3v) is 3.97. The van der Waals surface area contributed by atoms with Gasteiger partial charge < -0.3 is 10.8 Å². The van der Waals surface area contributed by atoms with Gasteiger partial charge in [-0.05, 0) is 35.9 Å². The molecule has 0 spiro atoms. The monoisotopic (exact) mass is 293 g/mol. The van der Waals surface area contributed by atoms with E-state index in [2.05, 4.69) is 0 Å². The first-order valence-corrected chi connectivity index (χ1v) is 6.77. The van der Waals surface area contributed by atoms with E-state index in [1.165, 1.54) is 11.8 Å². The summed E-state index contributed by atoms with van der Waals surface area (Å²) in [5, 5.41) is 9.31. The van der Waals surface area contributed by atoms with Crippen molar-refractivity contribution in [3.05, 3.63) is 53.1 Å². The van der Waals surface area contributed by atoms with Gasteiger partial charge in [0.1, 0.15) is 0 Å². The van der Waals surface area contributed by atoms with E-state index in [0.29, 0.717) is 10.7 Å². The largest absolute Gasteiger partial charge is 0.481 e. The first-order valence-electron chi connectivity index (χ1n) is 5.58. The number of benzene rings is 2. The van der Waals surface area contributed by atoms with Crippen LogP contribution in [0.1, 0.15) is 5.56 Å². The number of hydrogen-bond donors (Lipinski definition) is 2. The molecule has 0 bridgehead atoms. The van der Waals surface area contributed by atoms with Crippen molar-refractivity contribution in [1.82, 2.24) is 0 Å². The van der Waals surface area contributed by atoms with Gasteiger partial charge in [0, 0.05) is 15.5 Å². The fraction of sp³-hybridized carbons (Fsp3) is 0.0714. The molecule has 0 unspecified atom stereocenters. The lowest BCUT2D eigenvalue weighted by molar-refractivity contribution is -0.136. The molecule has 98 valence electrons. The van der Waals surface area contributed by atoms with Crippen LogP contribution in [0.5, 0.6) is 0 Å². The molecule has 0 atom stereocenters. The Labute approximate surface area is 120 Å². The maximum atomic E-state index is 10.6. The summed E-state index contributed by atoms with van der Waals surface area (Å²) in [7, 11) is 0. The van der Waals surface area contributed by atoms with Crippen LogP contribution in [0.4, 0.5) is 5.69 Å². The molecule has 0 aliphatic heterocycles. The first-order chi connectivity index (χ1) is 9.04. The van der Waals surface area contributed by atoms with Gasteiger partial charge >= 0.3 is 5.97 Å². The van der Waals surface area contributed by atoms with Gasteiger partial charge in [-0.15, -0.1) is 0 Å². The summed E-state index contributed by atoms with van der Waals surface area (Å²) in [6.07, 6.45) is 0.0353. The average molecular weight is 294 g/mol. The molecule has 2 aromatic carbocycles. The standard InChI is InChI=1S/C14H12ClNO2S/c15-12-8-10(16)3-6-13(12)19-11-4-1-9(2-5-11)7-14(17)18/h1-6,8H,7,16H2,(H,17,18). The molecule has 0 saturated heterocycles. The van der Waals surface area contributed by atoms with Gasteiger partial charge in [-0.2, -0.15) is 0 Å². The van der Waals surface area contributed by atoms with Crippen molar-refractivity contribution in [3.8, 4) is 0 Å². The SMILES string of the molecule is Nc1ccc(Sc2ccc(CC(=O)O)cc2)c(Cl)c1. The second-order valence-electron chi connectivity index (χ2n) is 4.01. The fourth-order valence-electron chi connectivity index (χ4n) is 1.58. The minimum absolute atomic E-state index is 0.0353. The molecule has 3 N–H and O–H groups in total. The highest BCUT2D eigenvalue weighted by molar-refractivity contribution is 7.99. The van der Waals surface area contributed by atoms with Crippen LogP contribution in [-0.2, 0) is 11.2 Å². The van der Waals surface area contributed by atoms with Crippen molar-refractivity contribution >= 4 is 35.0 Å². The lowest BCUT2D eigenvalue weighted by Gasteiger charge is -2.05. The molecule has 0 radical (unpaired) electrons. The lowest BCUT2D eigenvalue weighted by Crippen LogP contribution is -1.99. The molecule has 0 aromatic heterocycles. The number of rotatable bonds is 4. The Morgan fingerprint density at radius 1 is 1.21 bits per heavy atom. The minimum atomic E-state index is -0.831. The summed E-state index contributed by atoms with van der Waals surface area (Å²) in [6.45, 7) is 0. The Hall–Kier alpha value is -1.65. The maximum Gasteiger partial charge on any atom is 0.307 e. The van der Waals surface area contributed by atoms with E-state index in [-0.39, 0.29) is 6.42 Å². The van der Waals surface area contributed by atoms with Crippen molar-refractivity contribution in [2.45, 2.75) is 16.2 Å². The summed E-state index contributed by atoms with van der Waals surface area (Å²) < 4.78 is 0. The average Bonchev–Trinajstić information content (AvgIpc) is 2.34. The van der Waals surface area contributed by atoms with E-state index in [1.807, 2.05) is 30.3 Å². The highest BCUT2D eigenvalue weighted by Gasteiger charge is 2.04. The van der Waals surface area contributed by atoms with E-state index < -0.39 is 5.97 Å². The summed E-state index contributed by atoms with van der Waals surface area (Å²) in [5.41, 5.74) is 7.05. The number of halogens is 1. The summed E-state index contributed by atoms with van der Waals surface area (Å²) in [6, 6.07) is 12.8. The van der Waals surface area contributed by atoms with Gasteiger partial charge in [0.15, 0.2) is 0 Å². The number of hydrogen-bond acceptors (Lipinski definition) is 3. The fourth-order valence-corrected chi connectivity index (χ4v) is 2.70. The smallest absolute Gasteiger partial charge is 0.307 e. The Morgan fingerprint density at radius 2 is 1.89 bits per heavy atom. The first kappa shape index (κ1) is 13.8. The Morgan fingerprint density at radius 3 is 2.47 bits per heavy atom. The Balaban J connectivity index is 2.13. The van der Waals surface area contributed by atoms with Crippen molar-refractivity contribution < 1.29 is 9.90 Å². The maximum absolute atomic E-state index is 10.6. The molecule has 0 aliphatic carbocycles. The predicted molar refractivity (Wildman–Crippen MR) is 77.8 cm³/mol. The predicted octanol–water partition coefficient (Wildman–Crippen LogP) is 3.70. The molecule has 2 rings (SSSR count). The summed E-state index contributed by atoms with van der Waals surface area (Å²) in [4.78, 5) is 12.5. The zero-order valence-electron chi connectivity index (χ0n) is 9.97. The molecule has 0 heterocycles. The van der Waals surface area contributed by atoms with E-state index in [0.717, 1.165) is 15.4 Å². The number of nitrogen functional groups attached to an aromatic ring is 1. The van der Waals surface area contributed by atoms with Crippen LogP contribution in [0.3, 0.4) is 0 Å². The van der Waals surface area contributed by atoms with Gasteiger partial charge in [0.05, 0.1) is 11.4 Å². The zero-order chi connectivity index (χ0) is 13.8. The molecular weight excluding hydrogens is 282 g/mol. The normalized spacial score (nSPS) is 10.4. The second kappa shape index (κ2) is 5.99. The molecule has 0 amide bonds. The van der Waals surface area contributed by atoms with Crippen LogP contribution in [0, 0.1) is 0 Å². The van der Waals surface area contributed by atoms with E-state index in [9.17, 15) is 4.79 Å². The topological polar surface area (TPSA) is 63.3 Å². The van der Waals surface area contributed by atoms with Gasteiger partial charge in [-0.1, -0.05) is 35.5 Å². The number of carboxylic acids is 1. The van der Waals surface area contributed by atoms with Crippen molar-refractivity contribution in [3.63, 3.8) is 0 Å². The van der Waals surface area contributed by atoms with Gasteiger partial charge in [0.25, 0.3) is 0 Å². The quantitative estimate of drug-likeness (QED) is 0.844. The molecule has 0 fully saturated rings. The van der Waals surface area contributed by atoms with Crippen molar-refractivity contribution in [2.75, 3.05) is 5.73 Å².